The Bertz CT molecular complexity index is 1130. The summed E-state index contributed by atoms with van der Waals surface area (Å²) in [6.45, 7) is 8.29. The van der Waals surface area contributed by atoms with Crippen molar-refractivity contribution >= 4 is 15.7 Å². The first-order valence-electron chi connectivity index (χ1n) is 9.03. The van der Waals surface area contributed by atoms with Gasteiger partial charge in [-0.15, -0.1) is 0 Å². The first-order chi connectivity index (χ1) is 12.8. The monoisotopic (exact) mass is 381 g/mol. The lowest BCUT2D eigenvalue weighted by Crippen LogP contribution is -2.30. The van der Waals surface area contributed by atoms with Crippen LogP contribution in [0.15, 0.2) is 53.8 Å². The molecule has 1 aliphatic heterocycles. The number of sulfonamides is 1. The SMILES string of the molecule is Cc1cn(-c2ccc(S(=O)(=O)N3C[C@H](C)c4cccc(C)c43)c(C)c2)cn1. The lowest BCUT2D eigenvalue weighted by atomic mass is 10.0. The van der Waals surface area contributed by atoms with E-state index in [4.69, 9.17) is 0 Å². The topological polar surface area (TPSA) is 55.2 Å². The average Bonchev–Trinajstić information content (AvgIpc) is 3.20. The lowest BCUT2D eigenvalue weighted by molar-refractivity contribution is 0.589. The number of nitrogens with zero attached hydrogens (tertiary/aromatic N) is 3. The van der Waals surface area contributed by atoms with Crippen LogP contribution in [0.1, 0.15) is 35.2 Å². The summed E-state index contributed by atoms with van der Waals surface area (Å²) in [4.78, 5) is 4.59. The second-order valence-corrected chi connectivity index (χ2v) is 9.15. The Kier molecular flexibility index (Phi) is 4.11. The van der Waals surface area contributed by atoms with E-state index in [0.717, 1.165) is 33.8 Å². The van der Waals surface area contributed by atoms with Crippen LogP contribution in [0.2, 0.25) is 0 Å². The standard InChI is InChI=1S/C21H23N3O2S/c1-14-6-5-7-19-16(3)11-24(21(14)19)27(25,26)20-9-8-18(10-15(20)2)23-12-17(4)22-13-23/h5-10,12-13,16H,11H2,1-4H3/t16-/m0/s1. The number of hydrogen-bond donors (Lipinski definition) is 0. The molecule has 0 unspecified atom stereocenters. The molecule has 5 nitrogen and oxygen atoms in total. The maximum atomic E-state index is 13.5. The first-order valence-corrected chi connectivity index (χ1v) is 10.5. The summed E-state index contributed by atoms with van der Waals surface area (Å²) in [7, 11) is -3.62. The van der Waals surface area contributed by atoms with Crippen LogP contribution in [0.4, 0.5) is 5.69 Å². The maximum Gasteiger partial charge on any atom is 0.264 e. The van der Waals surface area contributed by atoms with Gasteiger partial charge in [0.25, 0.3) is 10.0 Å². The van der Waals surface area contributed by atoms with Crippen LogP contribution >= 0.6 is 0 Å². The Morgan fingerprint density at radius 3 is 2.52 bits per heavy atom. The van der Waals surface area contributed by atoms with Gasteiger partial charge in [-0.3, -0.25) is 4.31 Å². The van der Waals surface area contributed by atoms with Crippen molar-refractivity contribution in [1.29, 1.82) is 0 Å². The molecule has 1 atom stereocenters. The van der Waals surface area contributed by atoms with Gasteiger partial charge in [-0.2, -0.15) is 0 Å². The number of anilines is 1. The molecule has 0 N–H and O–H groups in total. The molecule has 140 valence electrons. The molecule has 0 bridgehead atoms. The van der Waals surface area contributed by atoms with Crippen LogP contribution < -0.4 is 4.31 Å². The molecule has 0 aliphatic carbocycles. The fourth-order valence-electron chi connectivity index (χ4n) is 3.84. The molecule has 1 aliphatic rings. The third-order valence-corrected chi connectivity index (χ3v) is 7.15. The molecule has 0 saturated heterocycles. The highest BCUT2D eigenvalue weighted by molar-refractivity contribution is 7.93. The van der Waals surface area contributed by atoms with Crippen molar-refractivity contribution in [2.45, 2.75) is 38.5 Å². The summed E-state index contributed by atoms with van der Waals surface area (Å²) in [6, 6.07) is 11.4. The van der Waals surface area contributed by atoms with Gasteiger partial charge in [0, 0.05) is 24.3 Å². The number of imidazole rings is 1. The largest absolute Gasteiger partial charge is 0.306 e. The zero-order valence-corrected chi connectivity index (χ0v) is 16.8. The van der Waals surface area contributed by atoms with Crippen molar-refractivity contribution in [3.63, 3.8) is 0 Å². The van der Waals surface area contributed by atoms with Gasteiger partial charge in [-0.05, 0) is 55.7 Å². The Hall–Kier alpha value is -2.60. The van der Waals surface area contributed by atoms with Gasteiger partial charge in [-0.1, -0.05) is 25.1 Å². The summed E-state index contributed by atoms with van der Waals surface area (Å²) in [5, 5.41) is 0. The van der Waals surface area contributed by atoms with E-state index < -0.39 is 10.0 Å². The minimum absolute atomic E-state index is 0.183. The molecule has 0 saturated carbocycles. The fourth-order valence-corrected chi connectivity index (χ4v) is 5.69. The number of rotatable bonds is 3. The van der Waals surface area contributed by atoms with Gasteiger partial charge >= 0.3 is 0 Å². The predicted molar refractivity (Wildman–Crippen MR) is 107 cm³/mol. The molecule has 6 heteroatoms. The van der Waals surface area contributed by atoms with Gasteiger partial charge in [-0.25, -0.2) is 13.4 Å². The third-order valence-electron chi connectivity index (χ3n) is 5.23. The normalized spacial score (nSPS) is 16.6. The van der Waals surface area contributed by atoms with Crippen LogP contribution in [0.25, 0.3) is 5.69 Å². The van der Waals surface area contributed by atoms with E-state index in [-0.39, 0.29) is 5.92 Å². The highest BCUT2D eigenvalue weighted by Gasteiger charge is 2.36. The molecule has 1 aromatic heterocycles. The number of benzene rings is 2. The number of fused-ring (bicyclic) bond motifs is 1. The number of aryl methyl sites for hydroxylation is 3. The summed E-state index contributed by atoms with van der Waals surface area (Å²) < 4.78 is 30.4. The quantitative estimate of drug-likeness (QED) is 0.686. The molecule has 0 radical (unpaired) electrons. The minimum Gasteiger partial charge on any atom is -0.306 e. The molecule has 0 spiro atoms. The van der Waals surface area contributed by atoms with Crippen molar-refractivity contribution in [3.8, 4) is 5.69 Å². The van der Waals surface area contributed by atoms with Crippen molar-refractivity contribution in [2.24, 2.45) is 0 Å². The van der Waals surface area contributed by atoms with Crippen molar-refractivity contribution < 1.29 is 8.42 Å². The van der Waals surface area contributed by atoms with Gasteiger partial charge in [0.1, 0.15) is 0 Å². The van der Waals surface area contributed by atoms with Gasteiger partial charge in [0.15, 0.2) is 0 Å². The molecule has 0 fully saturated rings. The highest BCUT2D eigenvalue weighted by atomic mass is 32.2. The van der Waals surface area contributed by atoms with E-state index in [9.17, 15) is 8.42 Å². The number of hydrogen-bond acceptors (Lipinski definition) is 3. The van der Waals surface area contributed by atoms with Gasteiger partial charge in [0.05, 0.1) is 22.6 Å². The number of para-hydroxylation sites is 1. The highest BCUT2D eigenvalue weighted by Crippen LogP contribution is 2.41. The molecule has 2 aromatic carbocycles. The van der Waals surface area contributed by atoms with Crippen LogP contribution in [-0.4, -0.2) is 24.5 Å². The Balaban J connectivity index is 1.78. The first kappa shape index (κ1) is 17.8. The lowest BCUT2D eigenvalue weighted by Gasteiger charge is -2.22. The molecule has 2 heterocycles. The van der Waals surface area contributed by atoms with E-state index in [2.05, 4.69) is 11.9 Å². The Labute approximate surface area is 160 Å². The number of aromatic nitrogens is 2. The smallest absolute Gasteiger partial charge is 0.264 e. The summed E-state index contributed by atoms with van der Waals surface area (Å²) >= 11 is 0. The van der Waals surface area contributed by atoms with E-state index in [1.165, 1.54) is 0 Å². The van der Waals surface area contributed by atoms with E-state index in [1.807, 2.05) is 61.9 Å². The summed E-state index contributed by atoms with van der Waals surface area (Å²) in [5.74, 6) is 0.183. The van der Waals surface area contributed by atoms with Crippen LogP contribution in [-0.2, 0) is 10.0 Å². The zero-order chi connectivity index (χ0) is 19.3. The molecule has 27 heavy (non-hydrogen) atoms. The second kappa shape index (κ2) is 6.23. The molecule has 4 rings (SSSR count). The van der Waals surface area contributed by atoms with E-state index >= 15 is 0 Å². The fraction of sp³-hybridized carbons (Fsp3) is 0.286. The third kappa shape index (κ3) is 2.84. The molecule has 0 amide bonds. The Morgan fingerprint density at radius 1 is 1.07 bits per heavy atom. The van der Waals surface area contributed by atoms with Gasteiger partial charge < -0.3 is 4.57 Å². The molecular formula is C21H23N3O2S. The minimum atomic E-state index is -3.62. The van der Waals surface area contributed by atoms with E-state index in [1.54, 1.807) is 16.7 Å². The van der Waals surface area contributed by atoms with Crippen molar-refractivity contribution in [3.05, 3.63) is 71.3 Å². The summed E-state index contributed by atoms with van der Waals surface area (Å²) in [5.41, 5.74) is 5.47. The Morgan fingerprint density at radius 2 is 1.85 bits per heavy atom. The van der Waals surface area contributed by atoms with E-state index in [0.29, 0.717) is 11.4 Å². The van der Waals surface area contributed by atoms with Crippen LogP contribution in [0, 0.1) is 20.8 Å². The van der Waals surface area contributed by atoms with Crippen molar-refractivity contribution in [1.82, 2.24) is 9.55 Å². The van der Waals surface area contributed by atoms with Crippen molar-refractivity contribution in [2.75, 3.05) is 10.8 Å². The van der Waals surface area contributed by atoms with Gasteiger partial charge in [0.2, 0.25) is 0 Å². The second-order valence-electron chi connectivity index (χ2n) is 7.32. The van der Waals surface area contributed by atoms with Crippen LogP contribution in [0.5, 0.6) is 0 Å². The molecular weight excluding hydrogens is 358 g/mol. The summed E-state index contributed by atoms with van der Waals surface area (Å²) in [6.07, 6.45) is 3.66. The zero-order valence-electron chi connectivity index (χ0n) is 16.0. The van der Waals surface area contributed by atoms with Crippen LogP contribution in [0.3, 0.4) is 0 Å². The average molecular weight is 382 g/mol. The molecule has 3 aromatic rings. The maximum absolute atomic E-state index is 13.5. The predicted octanol–water partition coefficient (Wildman–Crippen LogP) is 4.11.